The van der Waals surface area contributed by atoms with Gasteiger partial charge in [-0.05, 0) is 55.0 Å². The number of nitro groups is 1. The van der Waals surface area contributed by atoms with Crippen LogP contribution in [0.4, 0.5) is 24.5 Å². The monoisotopic (exact) mass is 436 g/mol. The van der Waals surface area contributed by atoms with Crippen LogP contribution < -0.4 is 14.8 Å². The van der Waals surface area contributed by atoms with Crippen molar-refractivity contribution < 1.29 is 36.8 Å². The van der Waals surface area contributed by atoms with E-state index in [1.807, 2.05) is 0 Å². The molecule has 31 heavy (non-hydrogen) atoms. The molecule has 0 aliphatic rings. The fraction of sp³-hybridized carbons (Fsp3) is 0.150. The molecule has 0 unspecified atom stereocenters. The number of nitrogens with one attached hydrogen (secondary N) is 1. The lowest BCUT2D eigenvalue weighted by molar-refractivity contribution is -0.386. The minimum absolute atomic E-state index is 0.0548. The summed E-state index contributed by atoms with van der Waals surface area (Å²) in [6.07, 6.45) is -4.81. The SMILES string of the molecule is Cc1ccc(OCc2ccc(C(=O)Nc3ccc(OC(F)(F)F)cc3)o2)c([N+](=O)[O-])c1. The molecule has 3 aromatic rings. The molecule has 0 saturated carbocycles. The molecular weight excluding hydrogens is 421 g/mol. The molecule has 0 saturated heterocycles. The second-order valence-electron chi connectivity index (χ2n) is 6.31. The van der Waals surface area contributed by atoms with Crippen molar-refractivity contribution in [1.29, 1.82) is 0 Å². The lowest BCUT2D eigenvalue weighted by Crippen LogP contribution is -2.17. The predicted octanol–water partition coefficient (Wildman–Crippen LogP) is 5.23. The van der Waals surface area contributed by atoms with Crippen LogP contribution in [-0.2, 0) is 6.61 Å². The predicted molar refractivity (Wildman–Crippen MR) is 102 cm³/mol. The number of ether oxygens (including phenoxy) is 2. The van der Waals surface area contributed by atoms with Crippen LogP contribution in [0.3, 0.4) is 0 Å². The number of rotatable bonds is 7. The van der Waals surface area contributed by atoms with Gasteiger partial charge in [-0.2, -0.15) is 0 Å². The summed E-state index contributed by atoms with van der Waals surface area (Å²) in [7, 11) is 0. The van der Waals surface area contributed by atoms with Crippen LogP contribution in [0.2, 0.25) is 0 Å². The third-order valence-electron chi connectivity index (χ3n) is 3.91. The van der Waals surface area contributed by atoms with Crippen LogP contribution in [0, 0.1) is 17.0 Å². The molecule has 0 fully saturated rings. The number of alkyl halides is 3. The Labute approximate surface area is 173 Å². The standard InChI is InChI=1S/C20H15F3N2O6/c1-12-2-8-17(16(10-12)25(27)28)29-11-15-7-9-18(30-15)19(26)24-13-3-5-14(6-4-13)31-20(21,22)23/h2-10H,11H2,1H3,(H,24,26). The van der Waals surface area contributed by atoms with Crippen molar-refractivity contribution in [2.24, 2.45) is 0 Å². The third kappa shape index (κ3) is 5.98. The Morgan fingerprint density at radius 1 is 1.13 bits per heavy atom. The lowest BCUT2D eigenvalue weighted by atomic mass is 10.2. The molecule has 0 bridgehead atoms. The molecule has 1 aromatic heterocycles. The highest BCUT2D eigenvalue weighted by Crippen LogP contribution is 2.29. The number of benzene rings is 2. The van der Waals surface area contributed by atoms with Crippen molar-refractivity contribution in [3.63, 3.8) is 0 Å². The van der Waals surface area contributed by atoms with Crippen molar-refractivity contribution in [3.05, 3.63) is 81.8 Å². The van der Waals surface area contributed by atoms with E-state index in [0.717, 1.165) is 12.1 Å². The Hall–Kier alpha value is -4.02. The summed E-state index contributed by atoms with van der Waals surface area (Å²) in [6, 6.07) is 11.9. The van der Waals surface area contributed by atoms with E-state index >= 15 is 0 Å². The van der Waals surface area contributed by atoms with E-state index in [0.29, 0.717) is 5.56 Å². The topological polar surface area (TPSA) is 104 Å². The van der Waals surface area contributed by atoms with Gasteiger partial charge in [-0.25, -0.2) is 0 Å². The maximum absolute atomic E-state index is 12.3. The minimum atomic E-state index is -4.81. The van der Waals surface area contributed by atoms with Gasteiger partial charge in [0.25, 0.3) is 5.91 Å². The number of aryl methyl sites for hydroxylation is 1. The number of hydrogen-bond acceptors (Lipinski definition) is 6. The van der Waals surface area contributed by atoms with Crippen molar-refractivity contribution >= 4 is 17.3 Å². The molecular formula is C20H15F3N2O6. The van der Waals surface area contributed by atoms with E-state index in [1.165, 1.54) is 36.4 Å². The molecule has 162 valence electrons. The van der Waals surface area contributed by atoms with Crippen molar-refractivity contribution in [1.82, 2.24) is 0 Å². The number of furan rings is 1. The number of nitrogens with zero attached hydrogens (tertiary/aromatic N) is 1. The van der Waals surface area contributed by atoms with Gasteiger partial charge < -0.3 is 19.2 Å². The maximum atomic E-state index is 12.3. The first-order valence-corrected chi connectivity index (χ1v) is 8.74. The third-order valence-corrected chi connectivity index (χ3v) is 3.91. The molecule has 2 aromatic carbocycles. The number of anilines is 1. The number of hydrogen-bond donors (Lipinski definition) is 1. The fourth-order valence-corrected chi connectivity index (χ4v) is 2.55. The van der Waals surface area contributed by atoms with E-state index in [1.54, 1.807) is 13.0 Å². The lowest BCUT2D eigenvalue weighted by Gasteiger charge is -2.09. The molecule has 8 nitrogen and oxygen atoms in total. The van der Waals surface area contributed by atoms with Crippen LogP contribution in [0.5, 0.6) is 11.5 Å². The van der Waals surface area contributed by atoms with Crippen LogP contribution in [-0.4, -0.2) is 17.2 Å². The summed E-state index contributed by atoms with van der Waals surface area (Å²) >= 11 is 0. The Balaban J connectivity index is 1.61. The average Bonchev–Trinajstić information content (AvgIpc) is 3.16. The zero-order valence-corrected chi connectivity index (χ0v) is 15.9. The normalized spacial score (nSPS) is 11.1. The molecule has 1 amide bonds. The van der Waals surface area contributed by atoms with Crippen molar-refractivity contribution in [3.8, 4) is 11.5 Å². The van der Waals surface area contributed by atoms with Gasteiger partial charge >= 0.3 is 12.0 Å². The van der Waals surface area contributed by atoms with E-state index in [9.17, 15) is 28.1 Å². The molecule has 11 heteroatoms. The van der Waals surface area contributed by atoms with Crippen LogP contribution in [0.1, 0.15) is 21.9 Å². The Morgan fingerprint density at radius 2 is 1.84 bits per heavy atom. The molecule has 1 N–H and O–H groups in total. The quantitative estimate of drug-likeness (QED) is 0.402. The highest BCUT2D eigenvalue weighted by molar-refractivity contribution is 6.02. The minimum Gasteiger partial charge on any atom is -0.479 e. The first kappa shape index (κ1) is 21.7. The van der Waals surface area contributed by atoms with Crippen molar-refractivity contribution in [2.75, 3.05) is 5.32 Å². The summed E-state index contributed by atoms with van der Waals surface area (Å²) in [4.78, 5) is 22.8. The van der Waals surface area contributed by atoms with Crippen LogP contribution in [0.25, 0.3) is 0 Å². The Kier molecular flexibility index (Phi) is 6.14. The van der Waals surface area contributed by atoms with Crippen molar-refractivity contribution in [2.45, 2.75) is 19.9 Å². The zero-order chi connectivity index (χ0) is 22.6. The van der Waals surface area contributed by atoms with Gasteiger partial charge in [0.05, 0.1) is 4.92 Å². The maximum Gasteiger partial charge on any atom is 0.573 e. The first-order valence-electron chi connectivity index (χ1n) is 8.74. The van der Waals surface area contributed by atoms with Gasteiger partial charge in [-0.15, -0.1) is 13.2 Å². The summed E-state index contributed by atoms with van der Waals surface area (Å²) < 4.78 is 51.1. The smallest absolute Gasteiger partial charge is 0.479 e. The summed E-state index contributed by atoms with van der Waals surface area (Å²) in [5.74, 6) is -0.842. The van der Waals surface area contributed by atoms with Gasteiger partial charge in [0.2, 0.25) is 0 Å². The number of halogens is 3. The van der Waals surface area contributed by atoms with Crippen LogP contribution in [0.15, 0.2) is 59.0 Å². The van der Waals surface area contributed by atoms with E-state index in [-0.39, 0.29) is 35.3 Å². The van der Waals surface area contributed by atoms with E-state index in [2.05, 4.69) is 10.1 Å². The summed E-state index contributed by atoms with van der Waals surface area (Å²) in [5, 5.41) is 13.6. The fourth-order valence-electron chi connectivity index (χ4n) is 2.55. The molecule has 0 atom stereocenters. The molecule has 0 aliphatic carbocycles. The van der Waals surface area contributed by atoms with Crippen LogP contribution >= 0.6 is 0 Å². The highest BCUT2D eigenvalue weighted by Gasteiger charge is 2.31. The Morgan fingerprint density at radius 3 is 2.48 bits per heavy atom. The second-order valence-corrected chi connectivity index (χ2v) is 6.31. The van der Waals surface area contributed by atoms with Gasteiger partial charge in [-0.1, -0.05) is 6.07 Å². The molecule has 0 spiro atoms. The summed E-state index contributed by atoms with van der Waals surface area (Å²) in [6.45, 7) is 1.56. The molecule has 0 aliphatic heterocycles. The number of nitro benzene ring substituents is 1. The second kappa shape index (κ2) is 8.78. The first-order chi connectivity index (χ1) is 14.6. The number of carbonyl (C=O) groups excluding carboxylic acids is 1. The van der Waals surface area contributed by atoms with E-state index < -0.39 is 22.9 Å². The van der Waals surface area contributed by atoms with E-state index in [4.69, 9.17) is 9.15 Å². The largest absolute Gasteiger partial charge is 0.573 e. The molecule has 1 heterocycles. The zero-order valence-electron chi connectivity index (χ0n) is 15.9. The highest BCUT2D eigenvalue weighted by atomic mass is 19.4. The molecule has 3 rings (SSSR count). The van der Waals surface area contributed by atoms with Gasteiger partial charge in [0, 0.05) is 11.8 Å². The average molecular weight is 436 g/mol. The Bertz CT molecular complexity index is 1090. The summed E-state index contributed by atoms with van der Waals surface area (Å²) in [5.41, 5.74) is 0.737. The molecule has 0 radical (unpaired) electrons. The number of carbonyl (C=O) groups is 1. The van der Waals surface area contributed by atoms with Gasteiger partial charge in [-0.3, -0.25) is 14.9 Å². The number of amides is 1. The van der Waals surface area contributed by atoms with Gasteiger partial charge in [0.1, 0.15) is 18.1 Å². The van der Waals surface area contributed by atoms with Gasteiger partial charge in [0.15, 0.2) is 11.5 Å².